The number of rotatable bonds is 7. The number of piperidine rings is 3. The first-order valence-electron chi connectivity index (χ1n) is 11.4. The molecule has 3 fully saturated rings. The van der Waals surface area contributed by atoms with E-state index in [0.717, 1.165) is 55.0 Å². The molecule has 0 saturated carbocycles. The lowest BCUT2D eigenvalue weighted by Gasteiger charge is -2.49. The van der Waals surface area contributed by atoms with E-state index in [1.54, 1.807) is 19.2 Å². The molecule has 2 bridgehead atoms. The third-order valence-corrected chi connectivity index (χ3v) is 6.92. The zero-order valence-electron chi connectivity index (χ0n) is 18.7. The van der Waals surface area contributed by atoms with Crippen LogP contribution in [0.2, 0.25) is 0 Å². The molecule has 8 heteroatoms. The van der Waals surface area contributed by atoms with E-state index in [9.17, 15) is 9.18 Å². The second kappa shape index (κ2) is 9.31. The van der Waals surface area contributed by atoms with Gasteiger partial charge in [-0.05, 0) is 67.3 Å². The van der Waals surface area contributed by atoms with Crippen molar-refractivity contribution < 1.29 is 13.9 Å². The van der Waals surface area contributed by atoms with Crippen molar-refractivity contribution in [2.45, 2.75) is 32.0 Å². The number of nitrogens with zero attached hydrogens (tertiary/aromatic N) is 4. The van der Waals surface area contributed by atoms with E-state index >= 15 is 0 Å². The molecule has 4 heterocycles. The molecule has 1 amide bonds. The maximum Gasteiger partial charge on any atom is 0.224 e. The number of aromatic nitrogens is 3. The molecule has 3 aliphatic heterocycles. The van der Waals surface area contributed by atoms with Crippen molar-refractivity contribution in [3.8, 4) is 17.0 Å². The molecule has 0 spiro atoms. The smallest absolute Gasteiger partial charge is 0.224 e. The third-order valence-electron chi connectivity index (χ3n) is 6.92. The number of ether oxygens (including phenoxy) is 1. The molecule has 3 aliphatic rings. The summed E-state index contributed by atoms with van der Waals surface area (Å²) in [5.41, 5.74) is 2.75. The summed E-state index contributed by atoms with van der Waals surface area (Å²) in [6.45, 7) is 2.98. The van der Waals surface area contributed by atoms with Crippen LogP contribution in [0.25, 0.3) is 11.3 Å². The minimum atomic E-state index is -0.267. The fourth-order valence-corrected chi connectivity index (χ4v) is 5.05. The van der Waals surface area contributed by atoms with Crippen LogP contribution in [0.5, 0.6) is 5.75 Å². The standard InChI is InChI=1S/C25H28FN5O2/c1-33-22-8-4-18(5-9-22)24-16-31(29-28-24)14-21-12-19-10-11-30(21)15-23(19)25(32)27-13-17-2-6-20(26)7-3-17/h2-9,16,19,21,23H,10-15H2,1H3,(H,27,32)/t19-,21-,23+/m1/s1. The van der Waals surface area contributed by atoms with Crippen LogP contribution in [0.4, 0.5) is 4.39 Å². The van der Waals surface area contributed by atoms with Gasteiger partial charge in [0.15, 0.2) is 0 Å². The average molecular weight is 450 g/mol. The van der Waals surface area contributed by atoms with Crippen molar-refractivity contribution >= 4 is 5.91 Å². The predicted molar refractivity (Wildman–Crippen MR) is 122 cm³/mol. The molecule has 3 saturated heterocycles. The quantitative estimate of drug-likeness (QED) is 0.600. The molecule has 33 heavy (non-hydrogen) atoms. The van der Waals surface area contributed by atoms with Gasteiger partial charge in [0.25, 0.3) is 0 Å². The average Bonchev–Trinajstić information content (AvgIpc) is 3.32. The van der Waals surface area contributed by atoms with Gasteiger partial charge < -0.3 is 10.1 Å². The molecule has 1 unspecified atom stereocenters. The van der Waals surface area contributed by atoms with E-state index in [2.05, 4.69) is 20.5 Å². The van der Waals surface area contributed by atoms with Gasteiger partial charge in [-0.3, -0.25) is 14.4 Å². The Kier molecular flexibility index (Phi) is 6.09. The van der Waals surface area contributed by atoms with Crippen LogP contribution in [0, 0.1) is 17.7 Å². The topological polar surface area (TPSA) is 72.3 Å². The Morgan fingerprint density at radius 2 is 1.97 bits per heavy atom. The van der Waals surface area contributed by atoms with Gasteiger partial charge in [0, 0.05) is 24.7 Å². The Morgan fingerprint density at radius 1 is 1.18 bits per heavy atom. The number of carbonyl (C=O) groups is 1. The lowest BCUT2D eigenvalue weighted by atomic mass is 9.75. The summed E-state index contributed by atoms with van der Waals surface area (Å²) in [5.74, 6) is 1.01. The fourth-order valence-electron chi connectivity index (χ4n) is 5.05. The van der Waals surface area contributed by atoms with Gasteiger partial charge in [0.05, 0.1) is 25.8 Å². The first-order valence-corrected chi connectivity index (χ1v) is 11.4. The Bertz CT molecular complexity index is 1100. The van der Waals surface area contributed by atoms with Crippen LogP contribution in [-0.2, 0) is 17.9 Å². The molecule has 1 N–H and O–H groups in total. The SMILES string of the molecule is COc1ccc(-c2cn(C[C@H]3C[C@H]4CCN3C[C@@H]4C(=O)NCc3ccc(F)cc3)nn2)cc1. The summed E-state index contributed by atoms with van der Waals surface area (Å²) in [6, 6.07) is 14.4. The van der Waals surface area contributed by atoms with Crippen LogP contribution in [-0.4, -0.2) is 52.0 Å². The number of hydrogen-bond acceptors (Lipinski definition) is 5. The molecule has 6 rings (SSSR count). The van der Waals surface area contributed by atoms with Crippen LogP contribution >= 0.6 is 0 Å². The molecule has 7 nitrogen and oxygen atoms in total. The first kappa shape index (κ1) is 21.6. The summed E-state index contributed by atoms with van der Waals surface area (Å²) >= 11 is 0. The van der Waals surface area contributed by atoms with Crippen molar-refractivity contribution in [1.82, 2.24) is 25.2 Å². The summed E-state index contributed by atoms with van der Waals surface area (Å²) in [4.78, 5) is 15.3. The molecule has 2 aromatic carbocycles. The second-order valence-electron chi connectivity index (χ2n) is 8.94. The number of nitrogens with one attached hydrogen (secondary N) is 1. The zero-order valence-corrected chi connectivity index (χ0v) is 18.7. The number of methoxy groups -OCH3 is 1. The minimum Gasteiger partial charge on any atom is -0.497 e. The van der Waals surface area contributed by atoms with Gasteiger partial charge >= 0.3 is 0 Å². The fraction of sp³-hybridized carbons (Fsp3) is 0.400. The number of carbonyl (C=O) groups excluding carboxylic acids is 1. The molecule has 172 valence electrons. The normalized spacial score (nSPS) is 23.9. The number of benzene rings is 2. The van der Waals surface area contributed by atoms with Gasteiger partial charge in [-0.15, -0.1) is 5.10 Å². The van der Waals surface area contributed by atoms with E-state index in [-0.39, 0.29) is 17.6 Å². The van der Waals surface area contributed by atoms with Gasteiger partial charge in [-0.1, -0.05) is 17.3 Å². The van der Waals surface area contributed by atoms with Crippen LogP contribution < -0.4 is 10.1 Å². The second-order valence-corrected chi connectivity index (χ2v) is 8.94. The molecule has 0 radical (unpaired) electrons. The van der Waals surface area contributed by atoms with E-state index in [4.69, 9.17) is 4.74 Å². The Balaban J connectivity index is 1.17. The number of halogens is 1. The number of fused-ring (bicyclic) bond motifs is 3. The third kappa shape index (κ3) is 4.75. The van der Waals surface area contributed by atoms with Crippen molar-refractivity contribution in [3.63, 3.8) is 0 Å². The van der Waals surface area contributed by atoms with Gasteiger partial charge in [-0.2, -0.15) is 0 Å². The predicted octanol–water partition coefficient (Wildman–Crippen LogP) is 3.12. The molecule has 0 aliphatic carbocycles. The van der Waals surface area contributed by atoms with E-state index < -0.39 is 0 Å². The number of amides is 1. The van der Waals surface area contributed by atoms with E-state index in [1.165, 1.54) is 12.1 Å². The van der Waals surface area contributed by atoms with Crippen LogP contribution in [0.15, 0.2) is 54.7 Å². The molecule has 3 aromatic rings. The van der Waals surface area contributed by atoms with Crippen molar-refractivity contribution in [2.75, 3.05) is 20.2 Å². The van der Waals surface area contributed by atoms with Crippen LogP contribution in [0.3, 0.4) is 0 Å². The summed E-state index contributed by atoms with van der Waals surface area (Å²) < 4.78 is 20.2. The van der Waals surface area contributed by atoms with Gasteiger partial charge in [-0.25, -0.2) is 4.39 Å². The van der Waals surface area contributed by atoms with Gasteiger partial charge in [0.2, 0.25) is 5.91 Å². The first-order chi connectivity index (χ1) is 16.1. The van der Waals surface area contributed by atoms with E-state index in [0.29, 0.717) is 18.5 Å². The highest BCUT2D eigenvalue weighted by molar-refractivity contribution is 5.79. The monoisotopic (exact) mass is 449 g/mol. The Hall–Kier alpha value is -3.26. The summed E-state index contributed by atoms with van der Waals surface area (Å²) in [6.07, 6.45) is 4.00. The maximum atomic E-state index is 13.1. The summed E-state index contributed by atoms with van der Waals surface area (Å²) in [5, 5.41) is 11.7. The number of hydrogen-bond donors (Lipinski definition) is 1. The zero-order chi connectivity index (χ0) is 22.8. The highest BCUT2D eigenvalue weighted by Crippen LogP contribution is 2.37. The highest BCUT2D eigenvalue weighted by Gasteiger charge is 2.43. The van der Waals surface area contributed by atoms with Crippen molar-refractivity contribution in [3.05, 3.63) is 66.1 Å². The molecular weight excluding hydrogens is 421 g/mol. The highest BCUT2D eigenvalue weighted by atomic mass is 19.1. The van der Waals surface area contributed by atoms with Gasteiger partial charge in [0.1, 0.15) is 17.3 Å². The lowest BCUT2D eigenvalue weighted by molar-refractivity contribution is -0.133. The Morgan fingerprint density at radius 3 is 2.67 bits per heavy atom. The molecule has 4 atom stereocenters. The van der Waals surface area contributed by atoms with E-state index in [1.807, 2.05) is 35.1 Å². The largest absolute Gasteiger partial charge is 0.497 e. The van der Waals surface area contributed by atoms with Crippen LogP contribution in [0.1, 0.15) is 18.4 Å². The Labute approximate surface area is 192 Å². The van der Waals surface area contributed by atoms with Crippen molar-refractivity contribution in [2.24, 2.45) is 11.8 Å². The van der Waals surface area contributed by atoms with Crippen molar-refractivity contribution in [1.29, 1.82) is 0 Å². The lowest BCUT2D eigenvalue weighted by Crippen LogP contribution is -2.57. The molecule has 1 aromatic heterocycles. The molecular formula is C25H28FN5O2. The minimum absolute atomic E-state index is 0.000977. The maximum absolute atomic E-state index is 13.1. The summed E-state index contributed by atoms with van der Waals surface area (Å²) in [7, 11) is 1.65.